The summed E-state index contributed by atoms with van der Waals surface area (Å²) in [6.45, 7) is 2.41. The predicted octanol–water partition coefficient (Wildman–Crippen LogP) is 3.95. The van der Waals surface area contributed by atoms with E-state index < -0.39 is 10.0 Å². The molecule has 2 aromatic carbocycles. The molecule has 0 saturated carbocycles. The Morgan fingerprint density at radius 3 is 2.67 bits per heavy atom. The third kappa shape index (κ3) is 4.66. The molecule has 1 fully saturated rings. The number of hydrogen-bond donors (Lipinski definition) is 1. The van der Waals surface area contributed by atoms with Crippen LogP contribution in [-0.2, 0) is 10.0 Å². The molecule has 1 aliphatic heterocycles. The molecule has 1 heterocycles. The SMILES string of the molecule is CCCS(=O)(=O)Nc1cccc(C(=O)N2CCCC2c2ccc(F)cc2)c1. The van der Waals surface area contributed by atoms with Gasteiger partial charge in [-0.15, -0.1) is 0 Å². The minimum absolute atomic E-state index is 0.0317. The largest absolute Gasteiger partial charge is 0.332 e. The van der Waals surface area contributed by atoms with E-state index in [1.54, 1.807) is 48.2 Å². The quantitative estimate of drug-likeness (QED) is 0.812. The summed E-state index contributed by atoms with van der Waals surface area (Å²) in [6, 6.07) is 12.7. The first-order valence-electron chi connectivity index (χ1n) is 9.06. The molecule has 1 saturated heterocycles. The monoisotopic (exact) mass is 390 g/mol. The van der Waals surface area contributed by atoms with Crippen molar-refractivity contribution in [2.45, 2.75) is 32.2 Å². The highest BCUT2D eigenvalue weighted by atomic mass is 32.2. The van der Waals surface area contributed by atoms with Gasteiger partial charge in [-0.25, -0.2) is 12.8 Å². The first-order valence-corrected chi connectivity index (χ1v) is 10.7. The molecule has 7 heteroatoms. The van der Waals surface area contributed by atoms with Crippen LogP contribution in [0.5, 0.6) is 0 Å². The number of hydrogen-bond acceptors (Lipinski definition) is 3. The highest BCUT2D eigenvalue weighted by Gasteiger charge is 2.30. The summed E-state index contributed by atoms with van der Waals surface area (Å²) < 4.78 is 39.6. The fraction of sp³-hybridized carbons (Fsp3) is 0.350. The van der Waals surface area contributed by atoms with E-state index in [1.165, 1.54) is 12.1 Å². The summed E-state index contributed by atoms with van der Waals surface area (Å²) in [5.41, 5.74) is 1.72. The molecule has 0 aromatic heterocycles. The Morgan fingerprint density at radius 1 is 1.22 bits per heavy atom. The van der Waals surface area contributed by atoms with Crippen LogP contribution >= 0.6 is 0 Å². The Hall–Kier alpha value is -2.41. The molecule has 27 heavy (non-hydrogen) atoms. The summed E-state index contributed by atoms with van der Waals surface area (Å²) in [7, 11) is -3.41. The van der Waals surface area contributed by atoms with Gasteiger partial charge in [-0.05, 0) is 55.2 Å². The molecule has 0 spiro atoms. The van der Waals surface area contributed by atoms with Crippen molar-refractivity contribution < 1.29 is 17.6 Å². The number of amides is 1. The molecule has 0 bridgehead atoms. The van der Waals surface area contributed by atoms with Crippen LogP contribution in [0.2, 0.25) is 0 Å². The Labute approximate surface area is 159 Å². The average molecular weight is 390 g/mol. The first-order chi connectivity index (χ1) is 12.9. The lowest BCUT2D eigenvalue weighted by Crippen LogP contribution is -2.30. The zero-order valence-electron chi connectivity index (χ0n) is 15.2. The van der Waals surface area contributed by atoms with E-state index in [2.05, 4.69) is 4.72 Å². The van der Waals surface area contributed by atoms with Gasteiger partial charge in [0.15, 0.2) is 0 Å². The van der Waals surface area contributed by atoms with Crippen LogP contribution in [0.15, 0.2) is 48.5 Å². The van der Waals surface area contributed by atoms with Crippen molar-refractivity contribution >= 4 is 21.6 Å². The van der Waals surface area contributed by atoms with Gasteiger partial charge in [0.25, 0.3) is 5.91 Å². The molecule has 5 nitrogen and oxygen atoms in total. The van der Waals surface area contributed by atoms with E-state index in [-0.39, 0.29) is 23.5 Å². The molecular formula is C20H23FN2O3S. The van der Waals surface area contributed by atoms with Crippen LogP contribution in [0.3, 0.4) is 0 Å². The van der Waals surface area contributed by atoms with E-state index in [0.29, 0.717) is 24.2 Å². The fourth-order valence-corrected chi connectivity index (χ4v) is 4.55. The second-order valence-electron chi connectivity index (χ2n) is 6.71. The van der Waals surface area contributed by atoms with Crippen molar-refractivity contribution in [1.29, 1.82) is 0 Å². The molecule has 0 aliphatic carbocycles. The fourth-order valence-electron chi connectivity index (χ4n) is 3.42. The number of carbonyl (C=O) groups is 1. The third-order valence-corrected chi connectivity index (χ3v) is 6.12. The Kier molecular flexibility index (Phi) is 5.79. The van der Waals surface area contributed by atoms with Crippen molar-refractivity contribution in [2.24, 2.45) is 0 Å². The van der Waals surface area contributed by atoms with Gasteiger partial charge in [-0.2, -0.15) is 0 Å². The molecular weight excluding hydrogens is 367 g/mol. The normalized spacial score (nSPS) is 17.1. The van der Waals surface area contributed by atoms with E-state index in [0.717, 1.165) is 18.4 Å². The van der Waals surface area contributed by atoms with Gasteiger partial charge in [-0.3, -0.25) is 9.52 Å². The van der Waals surface area contributed by atoms with E-state index >= 15 is 0 Å². The maximum Gasteiger partial charge on any atom is 0.254 e. The number of nitrogens with zero attached hydrogens (tertiary/aromatic N) is 1. The summed E-state index contributed by atoms with van der Waals surface area (Å²) in [4.78, 5) is 14.8. The number of anilines is 1. The summed E-state index contributed by atoms with van der Waals surface area (Å²) in [5, 5.41) is 0. The lowest BCUT2D eigenvalue weighted by atomic mass is 10.0. The molecule has 1 aliphatic rings. The van der Waals surface area contributed by atoms with Crippen LogP contribution in [0.4, 0.5) is 10.1 Å². The van der Waals surface area contributed by atoms with Crippen LogP contribution in [0, 0.1) is 5.82 Å². The summed E-state index contributed by atoms with van der Waals surface area (Å²) in [5.74, 6) is -0.427. The molecule has 144 valence electrons. The van der Waals surface area contributed by atoms with Crippen molar-refractivity contribution in [3.05, 3.63) is 65.5 Å². The van der Waals surface area contributed by atoms with Crippen LogP contribution in [0.1, 0.15) is 48.1 Å². The van der Waals surface area contributed by atoms with Gasteiger partial charge in [0.2, 0.25) is 10.0 Å². The highest BCUT2D eigenvalue weighted by molar-refractivity contribution is 7.92. The van der Waals surface area contributed by atoms with E-state index in [4.69, 9.17) is 0 Å². The van der Waals surface area contributed by atoms with Crippen molar-refractivity contribution in [2.75, 3.05) is 17.0 Å². The van der Waals surface area contributed by atoms with E-state index in [9.17, 15) is 17.6 Å². The number of carbonyl (C=O) groups excluding carboxylic acids is 1. The maximum atomic E-state index is 13.2. The Morgan fingerprint density at radius 2 is 1.96 bits per heavy atom. The zero-order valence-corrected chi connectivity index (χ0v) is 16.0. The predicted molar refractivity (Wildman–Crippen MR) is 104 cm³/mol. The van der Waals surface area contributed by atoms with Gasteiger partial charge in [0.1, 0.15) is 5.82 Å². The molecule has 1 atom stereocenters. The van der Waals surface area contributed by atoms with Gasteiger partial charge < -0.3 is 4.90 Å². The highest BCUT2D eigenvalue weighted by Crippen LogP contribution is 2.33. The lowest BCUT2D eigenvalue weighted by molar-refractivity contribution is 0.0735. The smallest absolute Gasteiger partial charge is 0.254 e. The average Bonchev–Trinajstić information content (AvgIpc) is 3.11. The molecule has 0 radical (unpaired) electrons. The number of rotatable bonds is 6. The number of sulfonamides is 1. The van der Waals surface area contributed by atoms with Crippen molar-refractivity contribution in [3.8, 4) is 0 Å². The van der Waals surface area contributed by atoms with Gasteiger partial charge in [0.05, 0.1) is 11.8 Å². The van der Waals surface area contributed by atoms with Gasteiger partial charge in [0, 0.05) is 17.8 Å². The van der Waals surface area contributed by atoms with Crippen LogP contribution in [0.25, 0.3) is 0 Å². The summed E-state index contributed by atoms with van der Waals surface area (Å²) >= 11 is 0. The zero-order chi connectivity index (χ0) is 19.4. The minimum atomic E-state index is -3.41. The van der Waals surface area contributed by atoms with Crippen LogP contribution < -0.4 is 4.72 Å². The Bertz CT molecular complexity index is 913. The van der Waals surface area contributed by atoms with Crippen molar-refractivity contribution in [3.63, 3.8) is 0 Å². The summed E-state index contributed by atoms with van der Waals surface area (Å²) in [6.07, 6.45) is 2.21. The second-order valence-corrected chi connectivity index (χ2v) is 8.55. The molecule has 2 aromatic rings. The third-order valence-electron chi connectivity index (χ3n) is 4.62. The number of benzene rings is 2. The molecule has 1 amide bonds. The van der Waals surface area contributed by atoms with E-state index in [1.807, 2.05) is 0 Å². The molecule has 3 rings (SSSR count). The molecule has 1 N–H and O–H groups in total. The number of likely N-dealkylation sites (tertiary alicyclic amines) is 1. The van der Waals surface area contributed by atoms with Crippen LogP contribution in [-0.4, -0.2) is 31.5 Å². The number of halogens is 1. The standard InChI is InChI=1S/C20H23FN2O3S/c1-2-13-27(25,26)22-18-6-3-5-16(14-18)20(24)23-12-4-7-19(23)15-8-10-17(21)11-9-15/h3,5-6,8-11,14,19,22H,2,4,7,12-13H2,1H3. The topological polar surface area (TPSA) is 66.5 Å². The second kappa shape index (κ2) is 8.08. The van der Waals surface area contributed by atoms with Gasteiger partial charge >= 0.3 is 0 Å². The maximum absolute atomic E-state index is 13.2. The van der Waals surface area contributed by atoms with Crippen molar-refractivity contribution in [1.82, 2.24) is 4.90 Å². The number of nitrogens with one attached hydrogen (secondary N) is 1. The first kappa shape index (κ1) is 19.4. The van der Waals surface area contributed by atoms with Gasteiger partial charge in [-0.1, -0.05) is 25.1 Å². The molecule has 1 unspecified atom stereocenters. The lowest BCUT2D eigenvalue weighted by Gasteiger charge is -2.25. The Balaban J connectivity index is 1.80. The minimum Gasteiger partial charge on any atom is -0.332 e.